The van der Waals surface area contributed by atoms with Gasteiger partial charge < -0.3 is 10.6 Å². The Hall–Kier alpha value is -3.29. The van der Waals surface area contributed by atoms with Crippen LogP contribution in [0.3, 0.4) is 0 Å². The molecule has 3 aromatic carbocycles. The van der Waals surface area contributed by atoms with Crippen molar-refractivity contribution in [3.8, 4) is 5.69 Å². The van der Waals surface area contributed by atoms with E-state index in [4.69, 9.17) is 11.6 Å². The summed E-state index contributed by atoms with van der Waals surface area (Å²) in [6.07, 6.45) is 0.343. The van der Waals surface area contributed by atoms with Gasteiger partial charge in [0, 0.05) is 34.3 Å². The predicted molar refractivity (Wildman–Crippen MR) is 135 cm³/mol. The zero-order chi connectivity index (χ0) is 23.0. The SMILES string of the molecule is Cc1ccc(NCc2nnc(SCCC(=O)Nc3cccc(Cl)c3)n2-c2ccccc2)cc1. The van der Waals surface area contributed by atoms with Gasteiger partial charge in [-0.25, -0.2) is 0 Å². The smallest absolute Gasteiger partial charge is 0.225 e. The van der Waals surface area contributed by atoms with Gasteiger partial charge >= 0.3 is 0 Å². The number of halogens is 1. The van der Waals surface area contributed by atoms with Crippen molar-refractivity contribution in [2.75, 3.05) is 16.4 Å². The lowest BCUT2D eigenvalue weighted by Crippen LogP contribution is -2.12. The Balaban J connectivity index is 1.42. The standard InChI is InChI=1S/C25H24ClN5OS/c1-18-10-12-20(13-11-18)27-17-23-29-30-25(31(23)22-8-3-2-4-9-22)33-15-14-24(32)28-21-7-5-6-19(26)16-21/h2-13,16,27H,14-15,17H2,1H3,(H,28,32). The van der Waals surface area contributed by atoms with Gasteiger partial charge in [0.15, 0.2) is 11.0 Å². The molecule has 0 aliphatic heterocycles. The molecule has 1 aromatic heterocycles. The fourth-order valence-electron chi connectivity index (χ4n) is 3.22. The van der Waals surface area contributed by atoms with Crippen molar-refractivity contribution in [3.63, 3.8) is 0 Å². The molecule has 0 atom stereocenters. The van der Waals surface area contributed by atoms with Gasteiger partial charge in [0.1, 0.15) is 0 Å². The van der Waals surface area contributed by atoms with Crippen LogP contribution in [0.4, 0.5) is 11.4 Å². The highest BCUT2D eigenvalue weighted by molar-refractivity contribution is 7.99. The van der Waals surface area contributed by atoms with E-state index in [9.17, 15) is 4.79 Å². The van der Waals surface area contributed by atoms with Crippen molar-refractivity contribution in [1.29, 1.82) is 0 Å². The molecule has 2 N–H and O–H groups in total. The molecule has 0 saturated heterocycles. The second kappa shape index (κ2) is 11.0. The molecule has 0 unspecified atom stereocenters. The third-order valence-corrected chi connectivity index (χ3v) is 6.05. The number of thioether (sulfide) groups is 1. The summed E-state index contributed by atoms with van der Waals surface area (Å²) in [5.41, 5.74) is 3.91. The number of benzene rings is 3. The van der Waals surface area contributed by atoms with E-state index in [2.05, 4.69) is 39.9 Å². The Morgan fingerprint density at radius 2 is 1.76 bits per heavy atom. The fraction of sp³-hybridized carbons (Fsp3) is 0.160. The van der Waals surface area contributed by atoms with Crippen LogP contribution in [0.2, 0.25) is 5.02 Å². The number of nitrogens with one attached hydrogen (secondary N) is 2. The van der Waals surface area contributed by atoms with Crippen LogP contribution >= 0.6 is 23.4 Å². The van der Waals surface area contributed by atoms with Crippen molar-refractivity contribution in [2.45, 2.75) is 25.0 Å². The number of amides is 1. The van der Waals surface area contributed by atoms with Crippen LogP contribution in [0.1, 0.15) is 17.8 Å². The zero-order valence-corrected chi connectivity index (χ0v) is 19.7. The maximum Gasteiger partial charge on any atom is 0.225 e. The maximum atomic E-state index is 12.3. The van der Waals surface area contributed by atoms with Crippen LogP contribution in [-0.4, -0.2) is 26.4 Å². The topological polar surface area (TPSA) is 71.8 Å². The molecule has 0 fully saturated rings. The first-order valence-corrected chi connectivity index (χ1v) is 11.9. The van der Waals surface area contributed by atoms with Crippen molar-refractivity contribution in [3.05, 3.63) is 95.3 Å². The summed E-state index contributed by atoms with van der Waals surface area (Å²) in [7, 11) is 0. The first-order valence-electron chi connectivity index (χ1n) is 10.6. The number of para-hydroxylation sites is 1. The molecule has 0 radical (unpaired) electrons. The van der Waals surface area contributed by atoms with Crippen LogP contribution in [0.25, 0.3) is 5.69 Å². The van der Waals surface area contributed by atoms with Crippen LogP contribution in [0.5, 0.6) is 0 Å². The van der Waals surface area contributed by atoms with Gasteiger partial charge in [0.2, 0.25) is 5.91 Å². The fourth-order valence-corrected chi connectivity index (χ4v) is 4.32. The normalized spacial score (nSPS) is 10.7. The summed E-state index contributed by atoms with van der Waals surface area (Å²) >= 11 is 7.49. The second-order valence-corrected chi connectivity index (χ2v) is 8.94. The summed E-state index contributed by atoms with van der Waals surface area (Å²) in [6, 6.07) is 25.4. The van der Waals surface area contributed by atoms with Crippen molar-refractivity contribution in [2.24, 2.45) is 0 Å². The molecule has 168 valence electrons. The van der Waals surface area contributed by atoms with Gasteiger partial charge in [-0.3, -0.25) is 9.36 Å². The summed E-state index contributed by atoms with van der Waals surface area (Å²) < 4.78 is 2.03. The van der Waals surface area contributed by atoms with Crippen molar-refractivity contribution < 1.29 is 4.79 Å². The molecule has 4 rings (SSSR count). The number of hydrogen-bond acceptors (Lipinski definition) is 5. The van der Waals surface area contributed by atoms with Gasteiger partial charge in [-0.2, -0.15) is 0 Å². The molecule has 1 heterocycles. The van der Waals surface area contributed by atoms with E-state index in [1.54, 1.807) is 18.2 Å². The highest BCUT2D eigenvalue weighted by Gasteiger charge is 2.15. The first-order chi connectivity index (χ1) is 16.1. The summed E-state index contributed by atoms with van der Waals surface area (Å²) in [6.45, 7) is 2.59. The molecular weight excluding hydrogens is 454 g/mol. The number of aromatic nitrogens is 3. The van der Waals surface area contributed by atoms with E-state index in [1.807, 2.05) is 53.1 Å². The molecule has 4 aromatic rings. The lowest BCUT2D eigenvalue weighted by Gasteiger charge is -2.11. The second-order valence-electron chi connectivity index (χ2n) is 7.45. The highest BCUT2D eigenvalue weighted by Crippen LogP contribution is 2.24. The van der Waals surface area contributed by atoms with Gasteiger partial charge in [-0.1, -0.05) is 65.3 Å². The monoisotopic (exact) mass is 477 g/mol. The van der Waals surface area contributed by atoms with Crippen LogP contribution < -0.4 is 10.6 Å². The molecule has 0 spiro atoms. The molecule has 1 amide bonds. The Morgan fingerprint density at radius 1 is 0.970 bits per heavy atom. The average molecular weight is 478 g/mol. The van der Waals surface area contributed by atoms with E-state index < -0.39 is 0 Å². The zero-order valence-electron chi connectivity index (χ0n) is 18.2. The molecule has 0 aliphatic carbocycles. The minimum absolute atomic E-state index is 0.0724. The number of hydrogen-bond donors (Lipinski definition) is 2. The molecule has 33 heavy (non-hydrogen) atoms. The minimum atomic E-state index is -0.0724. The van der Waals surface area contributed by atoms with Crippen LogP contribution in [0.15, 0.2) is 84.0 Å². The van der Waals surface area contributed by atoms with E-state index in [1.165, 1.54) is 17.3 Å². The Kier molecular flexibility index (Phi) is 7.65. The molecular formula is C25H24ClN5OS. The van der Waals surface area contributed by atoms with Crippen molar-refractivity contribution in [1.82, 2.24) is 14.8 Å². The molecule has 6 nitrogen and oxygen atoms in total. The van der Waals surface area contributed by atoms with E-state index >= 15 is 0 Å². The summed E-state index contributed by atoms with van der Waals surface area (Å²) in [4.78, 5) is 12.3. The van der Waals surface area contributed by atoms with Gasteiger partial charge in [-0.05, 0) is 49.4 Å². The number of aryl methyl sites for hydroxylation is 1. The van der Waals surface area contributed by atoms with Crippen molar-refractivity contribution >= 4 is 40.6 Å². The van der Waals surface area contributed by atoms with Gasteiger partial charge in [0.05, 0.1) is 6.54 Å². The maximum absolute atomic E-state index is 12.3. The molecule has 8 heteroatoms. The summed E-state index contributed by atoms with van der Waals surface area (Å²) in [5, 5.41) is 16.4. The molecule has 0 aliphatic rings. The van der Waals surface area contributed by atoms with Gasteiger partial charge in [-0.15, -0.1) is 10.2 Å². The Bertz CT molecular complexity index is 1210. The van der Waals surface area contributed by atoms with E-state index in [0.29, 0.717) is 29.4 Å². The van der Waals surface area contributed by atoms with Gasteiger partial charge in [0.25, 0.3) is 0 Å². The number of nitrogens with zero attached hydrogens (tertiary/aromatic N) is 3. The lowest BCUT2D eigenvalue weighted by molar-refractivity contribution is -0.115. The Morgan fingerprint density at radius 3 is 2.52 bits per heavy atom. The average Bonchev–Trinajstić information content (AvgIpc) is 3.22. The van der Waals surface area contributed by atoms with E-state index in [0.717, 1.165) is 22.4 Å². The third-order valence-electron chi connectivity index (χ3n) is 4.89. The molecule has 0 bridgehead atoms. The number of carbonyl (C=O) groups is 1. The first kappa shape index (κ1) is 22.9. The number of rotatable bonds is 9. The largest absolute Gasteiger partial charge is 0.378 e. The van der Waals surface area contributed by atoms with Crippen LogP contribution in [0, 0.1) is 6.92 Å². The quantitative estimate of drug-likeness (QED) is 0.291. The van der Waals surface area contributed by atoms with Crippen LogP contribution in [-0.2, 0) is 11.3 Å². The lowest BCUT2D eigenvalue weighted by atomic mass is 10.2. The molecule has 0 saturated carbocycles. The Labute approximate surface area is 202 Å². The predicted octanol–water partition coefficient (Wildman–Crippen LogP) is 5.96. The number of carbonyl (C=O) groups excluding carboxylic acids is 1. The van der Waals surface area contributed by atoms with E-state index in [-0.39, 0.29) is 5.91 Å². The highest BCUT2D eigenvalue weighted by atomic mass is 35.5. The number of anilines is 2. The minimum Gasteiger partial charge on any atom is -0.378 e. The third kappa shape index (κ3) is 6.37. The summed E-state index contributed by atoms with van der Waals surface area (Å²) in [5.74, 6) is 1.30.